The van der Waals surface area contributed by atoms with Crippen LogP contribution in [0.2, 0.25) is 0 Å². The maximum atomic E-state index is 12.9. The Bertz CT molecular complexity index is 749. The van der Waals surface area contributed by atoms with Gasteiger partial charge in [0.25, 0.3) is 0 Å². The summed E-state index contributed by atoms with van der Waals surface area (Å²) in [6.45, 7) is 3.73. The molecule has 0 heterocycles. The van der Waals surface area contributed by atoms with Crippen LogP contribution in [0.3, 0.4) is 0 Å². The van der Waals surface area contributed by atoms with Gasteiger partial charge >= 0.3 is 5.97 Å². The number of ketones is 1. The van der Waals surface area contributed by atoms with Gasteiger partial charge in [-0.25, -0.2) is 4.79 Å². The number of benzene rings is 2. The quantitative estimate of drug-likeness (QED) is 0.419. The number of methoxy groups -OCH3 is 2. The summed E-state index contributed by atoms with van der Waals surface area (Å²) in [5, 5.41) is 0. The molecule has 0 saturated heterocycles. The van der Waals surface area contributed by atoms with Crippen molar-refractivity contribution in [3.8, 4) is 5.75 Å². The van der Waals surface area contributed by atoms with E-state index >= 15 is 0 Å². The van der Waals surface area contributed by atoms with E-state index in [0.717, 1.165) is 0 Å². The molecule has 0 aliphatic carbocycles. The van der Waals surface area contributed by atoms with Crippen LogP contribution in [0, 0.1) is 0 Å². The summed E-state index contributed by atoms with van der Waals surface area (Å²) >= 11 is 0. The third-order valence-corrected chi connectivity index (χ3v) is 3.64. The van der Waals surface area contributed by atoms with Crippen LogP contribution >= 0.6 is 0 Å². The lowest BCUT2D eigenvalue weighted by Crippen LogP contribution is -2.20. The highest BCUT2D eigenvalue weighted by Crippen LogP contribution is 2.26. The van der Waals surface area contributed by atoms with Gasteiger partial charge in [-0.05, 0) is 24.3 Å². The molecule has 0 aromatic heterocycles. The van der Waals surface area contributed by atoms with Gasteiger partial charge in [-0.3, -0.25) is 4.79 Å². The van der Waals surface area contributed by atoms with E-state index in [-0.39, 0.29) is 12.4 Å². The molecule has 1 unspecified atom stereocenters. The van der Waals surface area contributed by atoms with Crippen molar-refractivity contribution >= 4 is 11.8 Å². The van der Waals surface area contributed by atoms with Crippen molar-refractivity contribution in [1.29, 1.82) is 0 Å². The van der Waals surface area contributed by atoms with Crippen LogP contribution in [0.1, 0.15) is 27.6 Å². The lowest BCUT2D eigenvalue weighted by atomic mass is 9.95. The molecule has 2 rings (SSSR count). The molecule has 5 heteroatoms. The van der Waals surface area contributed by atoms with E-state index < -0.39 is 12.1 Å². The molecule has 0 amide bonds. The van der Waals surface area contributed by atoms with E-state index in [4.69, 9.17) is 14.2 Å². The van der Waals surface area contributed by atoms with Gasteiger partial charge in [-0.2, -0.15) is 0 Å². The Morgan fingerprint density at radius 3 is 2.36 bits per heavy atom. The first-order valence-electron chi connectivity index (χ1n) is 7.70. The summed E-state index contributed by atoms with van der Waals surface area (Å²) in [7, 11) is 2.84. The Morgan fingerprint density at radius 1 is 1.08 bits per heavy atom. The fourth-order valence-electron chi connectivity index (χ4n) is 2.39. The molecule has 0 aliphatic rings. The summed E-state index contributed by atoms with van der Waals surface area (Å²) < 4.78 is 15.4. The highest BCUT2D eigenvalue weighted by molar-refractivity contribution is 6.10. The Hall–Kier alpha value is -2.92. The minimum atomic E-state index is -0.999. The van der Waals surface area contributed by atoms with Gasteiger partial charge in [-0.1, -0.05) is 30.3 Å². The van der Waals surface area contributed by atoms with Crippen molar-refractivity contribution in [2.45, 2.75) is 6.10 Å². The fraction of sp³-hybridized carbons (Fsp3) is 0.200. The molecule has 2 aromatic carbocycles. The topological polar surface area (TPSA) is 61.8 Å². The Morgan fingerprint density at radius 2 is 1.76 bits per heavy atom. The average molecular weight is 340 g/mol. The van der Waals surface area contributed by atoms with Crippen molar-refractivity contribution in [1.82, 2.24) is 0 Å². The number of hydrogen-bond acceptors (Lipinski definition) is 5. The second kappa shape index (κ2) is 8.80. The van der Waals surface area contributed by atoms with Gasteiger partial charge < -0.3 is 14.2 Å². The molecular formula is C20H20O5. The number of carbonyl (C=O) groups is 2. The smallest absolute Gasteiger partial charge is 0.339 e. The normalized spacial score (nSPS) is 11.4. The zero-order chi connectivity index (χ0) is 18.2. The monoisotopic (exact) mass is 340 g/mol. The molecule has 0 aliphatic heterocycles. The van der Waals surface area contributed by atoms with Gasteiger partial charge in [0, 0.05) is 16.7 Å². The van der Waals surface area contributed by atoms with E-state index in [1.165, 1.54) is 13.2 Å². The average Bonchev–Trinajstić information content (AvgIpc) is 2.67. The van der Waals surface area contributed by atoms with E-state index in [9.17, 15) is 9.59 Å². The third-order valence-electron chi connectivity index (χ3n) is 3.64. The van der Waals surface area contributed by atoms with Crippen LogP contribution in [0.4, 0.5) is 0 Å². The van der Waals surface area contributed by atoms with Crippen molar-refractivity contribution < 1.29 is 23.8 Å². The first-order chi connectivity index (χ1) is 12.1. The predicted octanol–water partition coefficient (Wildman–Crippen LogP) is 3.34. The molecule has 0 radical (unpaired) electrons. The van der Waals surface area contributed by atoms with Crippen LogP contribution in [-0.4, -0.2) is 32.6 Å². The van der Waals surface area contributed by atoms with E-state index in [1.807, 2.05) is 0 Å². The van der Waals surface area contributed by atoms with E-state index in [1.54, 1.807) is 55.6 Å². The minimum Gasteiger partial charge on any atom is -0.497 e. The Labute approximate surface area is 146 Å². The largest absolute Gasteiger partial charge is 0.497 e. The molecule has 130 valence electrons. The van der Waals surface area contributed by atoms with Crippen molar-refractivity contribution in [2.75, 3.05) is 20.8 Å². The first-order valence-corrected chi connectivity index (χ1v) is 7.70. The molecule has 0 N–H and O–H groups in total. The van der Waals surface area contributed by atoms with Gasteiger partial charge in [0.05, 0.1) is 20.8 Å². The standard InChI is InChI=1S/C20H20O5/c1-4-13-25-19(20(22)24-3)17-8-6-5-7-16(17)18(21)14-9-11-15(23-2)12-10-14/h4-12,19H,1,13H2,2-3H3. The van der Waals surface area contributed by atoms with E-state index in [0.29, 0.717) is 22.4 Å². The summed E-state index contributed by atoms with van der Waals surface area (Å²) in [5.41, 5.74) is 1.32. The molecule has 5 nitrogen and oxygen atoms in total. The highest BCUT2D eigenvalue weighted by Gasteiger charge is 2.27. The zero-order valence-electron chi connectivity index (χ0n) is 14.2. The van der Waals surface area contributed by atoms with Crippen LogP contribution in [0.15, 0.2) is 61.2 Å². The summed E-state index contributed by atoms with van der Waals surface area (Å²) in [4.78, 5) is 25.0. The third kappa shape index (κ3) is 4.33. The van der Waals surface area contributed by atoms with Crippen molar-refractivity contribution in [3.63, 3.8) is 0 Å². The second-order valence-electron chi connectivity index (χ2n) is 5.17. The first kappa shape index (κ1) is 18.4. The van der Waals surface area contributed by atoms with Crippen molar-refractivity contribution in [2.24, 2.45) is 0 Å². The van der Waals surface area contributed by atoms with Crippen LogP contribution in [0.25, 0.3) is 0 Å². The number of carbonyl (C=O) groups excluding carboxylic acids is 2. The minimum absolute atomic E-state index is 0.158. The number of hydrogen-bond donors (Lipinski definition) is 0. The van der Waals surface area contributed by atoms with Crippen molar-refractivity contribution in [3.05, 3.63) is 77.9 Å². The number of rotatable bonds is 8. The summed E-state index contributed by atoms with van der Waals surface area (Å²) in [6.07, 6.45) is 0.533. The fourth-order valence-corrected chi connectivity index (χ4v) is 2.39. The molecule has 1 atom stereocenters. The number of esters is 1. The summed E-state index contributed by atoms with van der Waals surface area (Å²) in [5.74, 6) is -0.127. The maximum Gasteiger partial charge on any atom is 0.339 e. The Balaban J connectivity index is 2.42. The SMILES string of the molecule is C=CCOC(C(=O)OC)c1ccccc1C(=O)c1ccc(OC)cc1. The van der Waals surface area contributed by atoms with Gasteiger partial charge in [0.2, 0.25) is 0 Å². The summed E-state index contributed by atoms with van der Waals surface area (Å²) in [6, 6.07) is 13.6. The van der Waals surface area contributed by atoms with Gasteiger partial charge in [-0.15, -0.1) is 6.58 Å². The molecule has 0 bridgehead atoms. The second-order valence-corrected chi connectivity index (χ2v) is 5.17. The van der Waals surface area contributed by atoms with E-state index in [2.05, 4.69) is 6.58 Å². The molecule has 25 heavy (non-hydrogen) atoms. The lowest BCUT2D eigenvalue weighted by Gasteiger charge is -2.18. The Kier molecular flexibility index (Phi) is 6.48. The van der Waals surface area contributed by atoms with Gasteiger partial charge in [0.1, 0.15) is 5.75 Å². The molecule has 0 spiro atoms. The highest BCUT2D eigenvalue weighted by atomic mass is 16.6. The molecule has 2 aromatic rings. The van der Waals surface area contributed by atoms with Crippen LogP contribution < -0.4 is 4.74 Å². The predicted molar refractivity (Wildman–Crippen MR) is 93.8 cm³/mol. The number of ether oxygens (including phenoxy) is 3. The van der Waals surface area contributed by atoms with Gasteiger partial charge in [0.15, 0.2) is 11.9 Å². The molecular weight excluding hydrogens is 320 g/mol. The molecule has 0 saturated carbocycles. The zero-order valence-corrected chi connectivity index (χ0v) is 14.2. The molecule has 0 fully saturated rings. The lowest BCUT2D eigenvalue weighted by molar-refractivity contribution is -0.153. The maximum absolute atomic E-state index is 12.9. The van der Waals surface area contributed by atoms with Crippen LogP contribution in [-0.2, 0) is 14.3 Å². The van der Waals surface area contributed by atoms with Crippen LogP contribution in [0.5, 0.6) is 5.75 Å².